The molecule has 1 aliphatic heterocycles. The molecule has 0 fully saturated rings. The third kappa shape index (κ3) is 4.39. The number of nitrogens with one attached hydrogen (secondary N) is 2. The van der Waals surface area contributed by atoms with Crippen molar-refractivity contribution >= 4 is 12.2 Å². The third-order valence-electron chi connectivity index (χ3n) is 1.72. The van der Waals surface area contributed by atoms with Crippen molar-refractivity contribution in [1.29, 1.82) is 5.26 Å². The van der Waals surface area contributed by atoms with E-state index in [0.717, 1.165) is 12.1 Å². The summed E-state index contributed by atoms with van der Waals surface area (Å²) in [5.41, 5.74) is 6.18. The van der Waals surface area contributed by atoms with E-state index in [1.54, 1.807) is 18.5 Å². The van der Waals surface area contributed by atoms with Crippen LogP contribution in [0.5, 0.6) is 0 Å². The summed E-state index contributed by atoms with van der Waals surface area (Å²) in [5.74, 6) is 0.394. The third-order valence-corrected chi connectivity index (χ3v) is 1.72. The second-order valence-corrected chi connectivity index (χ2v) is 2.92. The van der Waals surface area contributed by atoms with Crippen LogP contribution in [0.25, 0.3) is 0 Å². The van der Waals surface area contributed by atoms with E-state index < -0.39 is 0 Å². The van der Waals surface area contributed by atoms with Crippen molar-refractivity contribution in [3.05, 3.63) is 24.0 Å². The number of guanidine groups is 1. The summed E-state index contributed by atoms with van der Waals surface area (Å²) in [5, 5.41) is 14.0. The Kier molecular flexibility index (Phi) is 5.37. The SMILES string of the molecule is N#CNC(=NCCN)NC1=CCC=NC=C1. The van der Waals surface area contributed by atoms with Crippen LogP contribution >= 0.6 is 0 Å². The second-order valence-electron chi connectivity index (χ2n) is 2.92. The molecule has 6 nitrogen and oxygen atoms in total. The highest BCUT2D eigenvalue weighted by Gasteiger charge is 1.99. The molecule has 0 bridgehead atoms. The highest BCUT2D eigenvalue weighted by molar-refractivity contribution is 5.83. The highest BCUT2D eigenvalue weighted by Crippen LogP contribution is 1.98. The minimum Gasteiger partial charge on any atom is -0.329 e. The van der Waals surface area contributed by atoms with Crippen molar-refractivity contribution in [2.24, 2.45) is 15.7 Å². The molecule has 1 heterocycles. The van der Waals surface area contributed by atoms with Gasteiger partial charge in [-0.05, 0) is 6.08 Å². The number of nitriles is 1. The van der Waals surface area contributed by atoms with Crippen LogP contribution in [0.15, 0.2) is 34.0 Å². The van der Waals surface area contributed by atoms with Crippen LogP contribution in [-0.2, 0) is 0 Å². The van der Waals surface area contributed by atoms with Gasteiger partial charge in [0.15, 0.2) is 6.19 Å². The number of rotatable bonds is 3. The molecule has 0 unspecified atom stereocenters. The summed E-state index contributed by atoms with van der Waals surface area (Å²) < 4.78 is 0. The summed E-state index contributed by atoms with van der Waals surface area (Å²) in [7, 11) is 0. The van der Waals surface area contributed by atoms with Gasteiger partial charge in [-0.25, -0.2) is 0 Å². The average Bonchev–Trinajstić information content (AvgIpc) is 2.55. The van der Waals surface area contributed by atoms with Crippen LogP contribution in [0, 0.1) is 11.5 Å². The van der Waals surface area contributed by atoms with E-state index in [0.29, 0.717) is 19.0 Å². The van der Waals surface area contributed by atoms with Crippen molar-refractivity contribution in [1.82, 2.24) is 10.6 Å². The van der Waals surface area contributed by atoms with Gasteiger partial charge in [0.2, 0.25) is 5.96 Å². The normalized spacial score (nSPS) is 15.0. The Morgan fingerprint density at radius 3 is 3.31 bits per heavy atom. The summed E-state index contributed by atoms with van der Waals surface area (Å²) in [6.45, 7) is 0.904. The molecule has 0 atom stereocenters. The van der Waals surface area contributed by atoms with Crippen molar-refractivity contribution in [3.63, 3.8) is 0 Å². The number of nitrogens with two attached hydrogens (primary N) is 1. The number of nitrogens with zero attached hydrogens (tertiary/aromatic N) is 3. The molecule has 84 valence electrons. The number of hydrogen-bond acceptors (Lipinski definition) is 4. The maximum atomic E-state index is 8.55. The first kappa shape index (κ1) is 11.9. The fourth-order valence-electron chi connectivity index (χ4n) is 1.06. The molecule has 1 aliphatic rings. The minimum atomic E-state index is 0.394. The Balaban J connectivity index is 2.61. The largest absolute Gasteiger partial charge is 0.329 e. The molecule has 0 saturated carbocycles. The fraction of sp³-hybridized carbons (Fsp3) is 0.300. The van der Waals surface area contributed by atoms with Gasteiger partial charge in [0, 0.05) is 31.1 Å². The molecular weight excluding hydrogens is 204 g/mol. The average molecular weight is 218 g/mol. The molecule has 0 radical (unpaired) electrons. The Hall–Kier alpha value is -2.13. The lowest BCUT2D eigenvalue weighted by molar-refractivity contribution is 0.939. The molecule has 0 aromatic heterocycles. The van der Waals surface area contributed by atoms with Crippen LogP contribution in [-0.4, -0.2) is 25.3 Å². The van der Waals surface area contributed by atoms with Crippen molar-refractivity contribution in [2.75, 3.05) is 13.1 Å². The predicted molar refractivity (Wildman–Crippen MR) is 63.6 cm³/mol. The van der Waals surface area contributed by atoms with E-state index in [1.807, 2.05) is 12.3 Å². The van der Waals surface area contributed by atoms with E-state index in [-0.39, 0.29) is 0 Å². The van der Waals surface area contributed by atoms with Crippen molar-refractivity contribution in [3.8, 4) is 6.19 Å². The molecule has 0 aromatic carbocycles. The lowest BCUT2D eigenvalue weighted by Crippen LogP contribution is -2.34. The van der Waals surface area contributed by atoms with Gasteiger partial charge in [-0.1, -0.05) is 6.08 Å². The first-order valence-corrected chi connectivity index (χ1v) is 4.92. The van der Waals surface area contributed by atoms with Gasteiger partial charge in [0.1, 0.15) is 0 Å². The summed E-state index contributed by atoms with van der Waals surface area (Å²) in [6.07, 6.45) is 9.78. The standard InChI is InChI=1S/C10H14N6/c11-4-7-14-10(15-8-12)16-9-2-1-5-13-6-3-9/h2-3,5-6H,1,4,7,11H2,(H2,14,15,16). The smallest absolute Gasteiger partial charge is 0.209 e. The molecule has 0 saturated heterocycles. The van der Waals surface area contributed by atoms with Crippen LogP contribution in [0.4, 0.5) is 0 Å². The Morgan fingerprint density at radius 1 is 1.69 bits per heavy atom. The monoisotopic (exact) mass is 218 g/mol. The molecule has 4 N–H and O–H groups in total. The van der Waals surface area contributed by atoms with Crippen LogP contribution in [0.2, 0.25) is 0 Å². The molecule has 0 aromatic rings. The molecular formula is C10H14N6. The van der Waals surface area contributed by atoms with Crippen LogP contribution < -0.4 is 16.4 Å². The van der Waals surface area contributed by atoms with Gasteiger partial charge >= 0.3 is 0 Å². The van der Waals surface area contributed by atoms with Gasteiger partial charge in [0.25, 0.3) is 0 Å². The number of aliphatic imine (C=N–C) groups is 2. The first-order chi connectivity index (χ1) is 7.86. The zero-order chi connectivity index (χ0) is 11.6. The minimum absolute atomic E-state index is 0.394. The summed E-state index contributed by atoms with van der Waals surface area (Å²) >= 11 is 0. The quantitative estimate of drug-likeness (QED) is 0.265. The summed E-state index contributed by atoms with van der Waals surface area (Å²) in [6, 6.07) is 0. The lowest BCUT2D eigenvalue weighted by Gasteiger charge is -2.07. The lowest BCUT2D eigenvalue weighted by atomic mass is 10.3. The highest BCUT2D eigenvalue weighted by atomic mass is 15.2. The maximum absolute atomic E-state index is 8.55. The topological polar surface area (TPSA) is 98.6 Å². The van der Waals surface area contributed by atoms with Gasteiger partial charge in [-0.15, -0.1) is 0 Å². The summed E-state index contributed by atoms with van der Waals surface area (Å²) in [4.78, 5) is 8.08. The van der Waals surface area contributed by atoms with Gasteiger partial charge in [-0.3, -0.25) is 15.3 Å². The molecule has 6 heteroatoms. The maximum Gasteiger partial charge on any atom is 0.209 e. The van der Waals surface area contributed by atoms with E-state index in [4.69, 9.17) is 11.0 Å². The molecule has 1 rings (SSSR count). The van der Waals surface area contributed by atoms with E-state index in [1.165, 1.54) is 0 Å². The van der Waals surface area contributed by atoms with E-state index in [2.05, 4.69) is 20.6 Å². The van der Waals surface area contributed by atoms with Crippen LogP contribution in [0.1, 0.15) is 6.42 Å². The molecule has 0 spiro atoms. The first-order valence-electron chi connectivity index (χ1n) is 4.92. The number of hydrogen-bond donors (Lipinski definition) is 3. The molecule has 0 amide bonds. The molecule has 16 heavy (non-hydrogen) atoms. The van der Waals surface area contributed by atoms with Crippen molar-refractivity contribution in [2.45, 2.75) is 6.42 Å². The molecule has 0 aliphatic carbocycles. The Bertz CT molecular complexity index is 371. The van der Waals surface area contributed by atoms with Crippen molar-refractivity contribution < 1.29 is 0 Å². The Morgan fingerprint density at radius 2 is 2.56 bits per heavy atom. The van der Waals surface area contributed by atoms with E-state index in [9.17, 15) is 0 Å². The van der Waals surface area contributed by atoms with Crippen LogP contribution in [0.3, 0.4) is 0 Å². The zero-order valence-electron chi connectivity index (χ0n) is 8.85. The predicted octanol–water partition coefficient (Wildman–Crippen LogP) is -0.167. The van der Waals surface area contributed by atoms with Gasteiger partial charge in [0.05, 0.1) is 6.54 Å². The second kappa shape index (κ2) is 7.20. The van der Waals surface area contributed by atoms with E-state index >= 15 is 0 Å². The Labute approximate surface area is 94.3 Å². The van der Waals surface area contributed by atoms with Gasteiger partial charge in [-0.2, -0.15) is 5.26 Å². The zero-order valence-corrected chi connectivity index (χ0v) is 8.85. The van der Waals surface area contributed by atoms with Gasteiger partial charge < -0.3 is 11.1 Å². The number of allylic oxidation sites excluding steroid dienone is 2. The fourth-order valence-corrected chi connectivity index (χ4v) is 1.06.